The molecule has 0 radical (unpaired) electrons. The lowest BCUT2D eigenvalue weighted by Gasteiger charge is -2.32. The Bertz CT molecular complexity index is 684. The molecule has 1 heterocycles. The molecule has 1 N–H and O–H groups in total. The molecule has 2 aromatic carbocycles. The fourth-order valence-electron chi connectivity index (χ4n) is 2.87. The summed E-state index contributed by atoms with van der Waals surface area (Å²) in [6.45, 7) is 5.37. The normalized spacial score (nSPS) is 15.9. The number of carbonyl (C=O) groups is 1. The van der Waals surface area contributed by atoms with E-state index in [1.54, 1.807) is 11.8 Å². The van der Waals surface area contributed by atoms with Crippen molar-refractivity contribution < 1.29 is 4.79 Å². The van der Waals surface area contributed by atoms with Crippen LogP contribution in [0.4, 0.5) is 5.69 Å². The van der Waals surface area contributed by atoms with Crippen molar-refractivity contribution >= 4 is 23.4 Å². The first-order chi connectivity index (χ1) is 12.2. The first-order valence-corrected chi connectivity index (χ1v) is 9.65. The van der Waals surface area contributed by atoms with Crippen LogP contribution in [0.2, 0.25) is 0 Å². The average molecular weight is 356 g/mol. The molecule has 0 aliphatic carbocycles. The van der Waals surface area contributed by atoms with Crippen LogP contribution in [-0.4, -0.2) is 54.7 Å². The van der Waals surface area contributed by atoms with Crippen LogP contribution in [0.1, 0.15) is 5.56 Å². The van der Waals surface area contributed by atoms with Crippen LogP contribution in [-0.2, 0) is 11.3 Å². The van der Waals surface area contributed by atoms with Gasteiger partial charge in [0.2, 0.25) is 5.91 Å². The van der Waals surface area contributed by atoms with E-state index in [0.29, 0.717) is 5.75 Å². The molecule has 132 valence electrons. The van der Waals surface area contributed by atoms with Gasteiger partial charge in [-0.2, -0.15) is 0 Å². The average Bonchev–Trinajstić information content (AvgIpc) is 2.63. The highest BCUT2D eigenvalue weighted by atomic mass is 32.2. The van der Waals surface area contributed by atoms with Crippen LogP contribution < -0.4 is 5.32 Å². The van der Waals surface area contributed by atoms with Gasteiger partial charge in [0, 0.05) is 43.3 Å². The Morgan fingerprint density at radius 2 is 1.80 bits per heavy atom. The fourth-order valence-corrected chi connectivity index (χ4v) is 3.59. The zero-order valence-electron chi connectivity index (χ0n) is 14.6. The monoisotopic (exact) mass is 355 g/mol. The third-order valence-corrected chi connectivity index (χ3v) is 5.34. The third kappa shape index (κ3) is 5.88. The molecule has 1 aliphatic rings. The molecule has 1 fully saturated rings. The summed E-state index contributed by atoms with van der Waals surface area (Å²) in [7, 11) is 2.17. The smallest absolute Gasteiger partial charge is 0.234 e. The maximum absolute atomic E-state index is 12.2. The number of anilines is 1. The van der Waals surface area contributed by atoms with Crippen LogP contribution in [0.5, 0.6) is 0 Å². The topological polar surface area (TPSA) is 35.6 Å². The summed E-state index contributed by atoms with van der Waals surface area (Å²) in [5, 5.41) is 3.01. The van der Waals surface area contributed by atoms with Gasteiger partial charge in [-0.3, -0.25) is 9.69 Å². The van der Waals surface area contributed by atoms with Crippen molar-refractivity contribution in [3.05, 3.63) is 60.2 Å². The van der Waals surface area contributed by atoms with Gasteiger partial charge in [0.05, 0.1) is 5.75 Å². The molecule has 4 nitrogen and oxygen atoms in total. The first kappa shape index (κ1) is 18.0. The quantitative estimate of drug-likeness (QED) is 0.808. The van der Waals surface area contributed by atoms with Gasteiger partial charge in [-0.15, -0.1) is 11.8 Å². The Morgan fingerprint density at radius 3 is 2.56 bits per heavy atom. The van der Waals surface area contributed by atoms with E-state index in [1.165, 1.54) is 5.56 Å². The molecule has 1 aliphatic heterocycles. The van der Waals surface area contributed by atoms with Gasteiger partial charge < -0.3 is 10.2 Å². The molecule has 25 heavy (non-hydrogen) atoms. The summed E-state index contributed by atoms with van der Waals surface area (Å²) in [5.41, 5.74) is 2.13. The minimum atomic E-state index is 0.0330. The van der Waals surface area contributed by atoms with Gasteiger partial charge in [-0.25, -0.2) is 0 Å². The van der Waals surface area contributed by atoms with Crippen molar-refractivity contribution in [1.29, 1.82) is 0 Å². The summed E-state index contributed by atoms with van der Waals surface area (Å²) in [6.07, 6.45) is 0. The predicted molar refractivity (Wildman–Crippen MR) is 105 cm³/mol. The number of amides is 1. The van der Waals surface area contributed by atoms with E-state index in [9.17, 15) is 4.79 Å². The van der Waals surface area contributed by atoms with Gasteiger partial charge >= 0.3 is 0 Å². The highest BCUT2D eigenvalue weighted by molar-refractivity contribution is 8.00. The molecule has 3 rings (SSSR count). The Morgan fingerprint density at radius 1 is 1.04 bits per heavy atom. The van der Waals surface area contributed by atoms with Crippen LogP contribution in [0.15, 0.2) is 59.5 Å². The molecule has 1 saturated heterocycles. The highest BCUT2D eigenvalue weighted by Crippen LogP contribution is 2.18. The van der Waals surface area contributed by atoms with E-state index in [4.69, 9.17) is 0 Å². The molecule has 0 saturated carbocycles. The van der Waals surface area contributed by atoms with E-state index >= 15 is 0 Å². The van der Waals surface area contributed by atoms with Crippen LogP contribution in [0.25, 0.3) is 0 Å². The summed E-state index contributed by atoms with van der Waals surface area (Å²) >= 11 is 1.56. The second-order valence-electron chi connectivity index (χ2n) is 6.43. The van der Waals surface area contributed by atoms with Crippen LogP contribution in [0, 0.1) is 0 Å². The van der Waals surface area contributed by atoms with Crippen molar-refractivity contribution in [2.75, 3.05) is 44.3 Å². The lowest BCUT2D eigenvalue weighted by molar-refractivity contribution is -0.113. The Kier molecular flexibility index (Phi) is 6.50. The molecule has 0 bridgehead atoms. The van der Waals surface area contributed by atoms with Gasteiger partial charge in [-0.05, 0) is 36.9 Å². The number of nitrogens with one attached hydrogen (secondary N) is 1. The number of thioether (sulfide) groups is 1. The molecular formula is C20H25N3OS. The summed E-state index contributed by atoms with van der Waals surface area (Å²) in [5.74, 6) is 0.456. The number of rotatable bonds is 6. The van der Waals surface area contributed by atoms with E-state index < -0.39 is 0 Å². The second kappa shape index (κ2) is 9.04. The van der Waals surface area contributed by atoms with Crippen molar-refractivity contribution in [3.8, 4) is 0 Å². The van der Waals surface area contributed by atoms with Gasteiger partial charge in [0.1, 0.15) is 0 Å². The van der Waals surface area contributed by atoms with Crippen LogP contribution in [0.3, 0.4) is 0 Å². The zero-order chi connectivity index (χ0) is 17.5. The molecule has 0 atom stereocenters. The summed E-state index contributed by atoms with van der Waals surface area (Å²) in [4.78, 5) is 18.1. The maximum Gasteiger partial charge on any atom is 0.234 e. The van der Waals surface area contributed by atoms with Gasteiger partial charge in [0.25, 0.3) is 0 Å². The van der Waals surface area contributed by atoms with Crippen LogP contribution >= 0.6 is 11.8 Å². The predicted octanol–water partition coefficient (Wildman–Crippen LogP) is 3.16. The maximum atomic E-state index is 12.2. The number of nitrogens with zero attached hydrogens (tertiary/aromatic N) is 2. The minimum Gasteiger partial charge on any atom is -0.325 e. The molecule has 0 aromatic heterocycles. The molecule has 0 spiro atoms. The van der Waals surface area contributed by atoms with E-state index in [2.05, 4.69) is 34.3 Å². The van der Waals surface area contributed by atoms with Gasteiger partial charge in [-0.1, -0.05) is 30.3 Å². The number of likely N-dealkylation sites (N-methyl/N-ethyl adjacent to an activating group) is 1. The SMILES string of the molecule is CN1CCN(Cc2cccc(NC(=O)CSc3ccccc3)c2)CC1. The van der Waals surface area contributed by atoms with E-state index in [1.807, 2.05) is 42.5 Å². The van der Waals surface area contributed by atoms with Gasteiger partial charge in [0.15, 0.2) is 0 Å². The Labute approximate surface area is 154 Å². The molecule has 2 aromatic rings. The highest BCUT2D eigenvalue weighted by Gasteiger charge is 2.14. The van der Waals surface area contributed by atoms with E-state index in [-0.39, 0.29) is 5.91 Å². The number of carbonyl (C=O) groups excluding carboxylic acids is 1. The van der Waals surface area contributed by atoms with Crippen molar-refractivity contribution in [3.63, 3.8) is 0 Å². The van der Waals surface area contributed by atoms with Crippen molar-refractivity contribution in [2.24, 2.45) is 0 Å². The number of hydrogen-bond donors (Lipinski definition) is 1. The second-order valence-corrected chi connectivity index (χ2v) is 7.48. The van der Waals surface area contributed by atoms with Crippen molar-refractivity contribution in [2.45, 2.75) is 11.4 Å². The molecule has 1 amide bonds. The molecule has 0 unspecified atom stereocenters. The standard InChI is InChI=1S/C20H25N3OS/c1-22-10-12-23(13-11-22)15-17-6-5-7-18(14-17)21-20(24)16-25-19-8-3-2-4-9-19/h2-9,14H,10-13,15-16H2,1H3,(H,21,24). The number of piperazine rings is 1. The minimum absolute atomic E-state index is 0.0330. The summed E-state index contributed by atoms with van der Waals surface area (Å²) < 4.78 is 0. The first-order valence-electron chi connectivity index (χ1n) is 8.66. The lowest BCUT2D eigenvalue weighted by Crippen LogP contribution is -2.43. The summed E-state index contributed by atoms with van der Waals surface area (Å²) in [6, 6.07) is 18.2. The van der Waals surface area contributed by atoms with Crippen molar-refractivity contribution in [1.82, 2.24) is 9.80 Å². The zero-order valence-corrected chi connectivity index (χ0v) is 15.5. The fraction of sp³-hybridized carbons (Fsp3) is 0.350. The Hall–Kier alpha value is -1.82. The third-order valence-electron chi connectivity index (χ3n) is 4.33. The molecular weight excluding hydrogens is 330 g/mol. The lowest BCUT2D eigenvalue weighted by atomic mass is 10.1. The number of hydrogen-bond acceptors (Lipinski definition) is 4. The molecule has 5 heteroatoms. The number of benzene rings is 2. The van der Waals surface area contributed by atoms with E-state index in [0.717, 1.165) is 43.3 Å². The largest absolute Gasteiger partial charge is 0.325 e. The Balaban J connectivity index is 1.50.